The van der Waals surface area contributed by atoms with Gasteiger partial charge in [0.15, 0.2) is 0 Å². The quantitative estimate of drug-likeness (QED) is 0.742. The van der Waals surface area contributed by atoms with Crippen LogP contribution in [0.2, 0.25) is 0 Å². The second kappa shape index (κ2) is 4.21. The van der Waals surface area contributed by atoms with Crippen LogP contribution in [0.1, 0.15) is 6.92 Å². The molecular formula is C9H11F3N2. The van der Waals surface area contributed by atoms with Gasteiger partial charge < -0.3 is 11.1 Å². The first-order valence-corrected chi connectivity index (χ1v) is 4.11. The summed E-state index contributed by atoms with van der Waals surface area (Å²) >= 11 is 0. The number of hydrogen-bond donors (Lipinski definition) is 2. The molecule has 1 aromatic carbocycles. The van der Waals surface area contributed by atoms with Gasteiger partial charge in [0.05, 0.1) is 17.4 Å². The van der Waals surface area contributed by atoms with Gasteiger partial charge >= 0.3 is 0 Å². The van der Waals surface area contributed by atoms with Crippen molar-refractivity contribution in [3.8, 4) is 0 Å². The maximum atomic E-state index is 12.9. The molecule has 14 heavy (non-hydrogen) atoms. The van der Waals surface area contributed by atoms with Crippen molar-refractivity contribution in [3.05, 3.63) is 24.0 Å². The second-order valence-electron chi connectivity index (χ2n) is 2.97. The largest absolute Gasteiger partial charge is 0.395 e. The van der Waals surface area contributed by atoms with Crippen LogP contribution in [0.25, 0.3) is 0 Å². The summed E-state index contributed by atoms with van der Waals surface area (Å²) in [6.45, 7) is 1.30. The first-order valence-electron chi connectivity index (χ1n) is 4.11. The molecule has 5 heteroatoms. The van der Waals surface area contributed by atoms with Crippen LogP contribution in [0.5, 0.6) is 0 Å². The summed E-state index contributed by atoms with van der Waals surface area (Å²) in [4.78, 5) is 0. The molecule has 0 aliphatic rings. The van der Waals surface area contributed by atoms with Crippen LogP contribution in [0.3, 0.4) is 0 Å². The summed E-state index contributed by atoms with van der Waals surface area (Å²) in [7, 11) is 0. The van der Waals surface area contributed by atoms with E-state index in [1.165, 1.54) is 25.1 Å². The van der Waals surface area contributed by atoms with Crippen LogP contribution in [0.4, 0.5) is 24.5 Å². The van der Waals surface area contributed by atoms with E-state index < -0.39 is 18.3 Å². The predicted octanol–water partition coefficient (Wildman–Crippen LogP) is 2.47. The van der Waals surface area contributed by atoms with E-state index in [0.717, 1.165) is 0 Å². The zero-order valence-electron chi connectivity index (χ0n) is 7.60. The van der Waals surface area contributed by atoms with Crippen molar-refractivity contribution in [1.29, 1.82) is 0 Å². The molecule has 0 aliphatic heterocycles. The third-order valence-corrected chi connectivity index (χ3v) is 1.81. The van der Waals surface area contributed by atoms with Crippen LogP contribution < -0.4 is 11.1 Å². The first-order chi connectivity index (χ1) is 6.52. The SMILES string of the molecule is CC(Nc1cccc(F)c1N)C(F)F. The highest BCUT2D eigenvalue weighted by molar-refractivity contribution is 5.66. The molecule has 0 saturated carbocycles. The Morgan fingerprint density at radius 1 is 1.36 bits per heavy atom. The zero-order chi connectivity index (χ0) is 10.7. The Morgan fingerprint density at radius 3 is 2.57 bits per heavy atom. The molecule has 1 unspecified atom stereocenters. The van der Waals surface area contributed by atoms with Crippen molar-refractivity contribution in [2.24, 2.45) is 0 Å². The molecule has 0 radical (unpaired) electrons. The Bertz CT molecular complexity index is 315. The molecule has 0 aromatic heterocycles. The van der Waals surface area contributed by atoms with Crippen molar-refractivity contribution in [2.75, 3.05) is 11.1 Å². The van der Waals surface area contributed by atoms with Gasteiger partial charge in [-0.2, -0.15) is 0 Å². The Balaban J connectivity index is 2.82. The van der Waals surface area contributed by atoms with E-state index in [-0.39, 0.29) is 11.4 Å². The number of nitrogen functional groups attached to an aromatic ring is 1. The molecule has 0 bridgehead atoms. The molecule has 1 rings (SSSR count). The Labute approximate surface area is 79.9 Å². The summed E-state index contributed by atoms with van der Waals surface area (Å²) in [5, 5.41) is 2.44. The van der Waals surface area contributed by atoms with Crippen molar-refractivity contribution < 1.29 is 13.2 Å². The van der Waals surface area contributed by atoms with Gasteiger partial charge in [0, 0.05) is 0 Å². The minimum Gasteiger partial charge on any atom is -0.395 e. The normalized spacial score (nSPS) is 12.9. The highest BCUT2D eigenvalue weighted by atomic mass is 19.3. The monoisotopic (exact) mass is 204 g/mol. The third-order valence-electron chi connectivity index (χ3n) is 1.81. The Hall–Kier alpha value is -1.39. The highest BCUT2D eigenvalue weighted by Crippen LogP contribution is 2.22. The second-order valence-corrected chi connectivity index (χ2v) is 2.97. The third kappa shape index (κ3) is 2.31. The van der Waals surface area contributed by atoms with Crippen molar-refractivity contribution in [2.45, 2.75) is 19.4 Å². The van der Waals surface area contributed by atoms with E-state index in [0.29, 0.717) is 0 Å². The fourth-order valence-corrected chi connectivity index (χ4v) is 0.971. The average molecular weight is 204 g/mol. The molecule has 0 aliphatic carbocycles. The van der Waals surface area contributed by atoms with Crippen molar-refractivity contribution in [1.82, 2.24) is 0 Å². The lowest BCUT2D eigenvalue weighted by Crippen LogP contribution is -2.24. The van der Waals surface area contributed by atoms with E-state index in [9.17, 15) is 13.2 Å². The number of anilines is 2. The van der Waals surface area contributed by atoms with Crippen LogP contribution in [-0.2, 0) is 0 Å². The van der Waals surface area contributed by atoms with E-state index in [2.05, 4.69) is 5.32 Å². The number of halogens is 3. The first kappa shape index (κ1) is 10.7. The van der Waals surface area contributed by atoms with Crippen LogP contribution in [0, 0.1) is 5.82 Å². The van der Waals surface area contributed by atoms with E-state index in [1.807, 2.05) is 0 Å². The lowest BCUT2D eigenvalue weighted by atomic mass is 10.2. The van der Waals surface area contributed by atoms with Crippen molar-refractivity contribution >= 4 is 11.4 Å². The molecule has 0 fully saturated rings. The number of nitrogens with one attached hydrogen (secondary N) is 1. The van der Waals surface area contributed by atoms with Crippen LogP contribution >= 0.6 is 0 Å². The fraction of sp³-hybridized carbons (Fsp3) is 0.333. The average Bonchev–Trinajstić information content (AvgIpc) is 2.12. The van der Waals surface area contributed by atoms with Gasteiger partial charge in [0.2, 0.25) is 0 Å². The topological polar surface area (TPSA) is 38.0 Å². The smallest absolute Gasteiger partial charge is 0.258 e. The van der Waals surface area contributed by atoms with Gasteiger partial charge in [-0.3, -0.25) is 0 Å². The molecule has 0 amide bonds. The van der Waals surface area contributed by atoms with Crippen LogP contribution in [-0.4, -0.2) is 12.5 Å². The number of para-hydroxylation sites is 1. The molecule has 0 spiro atoms. The van der Waals surface area contributed by atoms with Gasteiger partial charge in [0.1, 0.15) is 5.82 Å². The fourth-order valence-electron chi connectivity index (χ4n) is 0.971. The summed E-state index contributed by atoms with van der Waals surface area (Å²) in [6.07, 6.45) is -2.52. The van der Waals surface area contributed by atoms with E-state index >= 15 is 0 Å². The molecule has 3 N–H and O–H groups in total. The number of alkyl halides is 2. The maximum Gasteiger partial charge on any atom is 0.258 e. The van der Waals surface area contributed by atoms with Crippen LogP contribution in [0.15, 0.2) is 18.2 Å². The molecule has 2 nitrogen and oxygen atoms in total. The van der Waals surface area contributed by atoms with Gasteiger partial charge in [-0.05, 0) is 19.1 Å². The van der Waals surface area contributed by atoms with Gasteiger partial charge in [-0.1, -0.05) is 6.07 Å². The lowest BCUT2D eigenvalue weighted by Gasteiger charge is -2.15. The highest BCUT2D eigenvalue weighted by Gasteiger charge is 2.15. The molecular weight excluding hydrogens is 193 g/mol. The molecule has 1 aromatic rings. The summed E-state index contributed by atoms with van der Waals surface area (Å²) in [5.74, 6) is -0.614. The lowest BCUT2D eigenvalue weighted by molar-refractivity contribution is 0.131. The molecule has 0 heterocycles. The maximum absolute atomic E-state index is 12.9. The van der Waals surface area contributed by atoms with Crippen molar-refractivity contribution in [3.63, 3.8) is 0 Å². The van der Waals surface area contributed by atoms with E-state index in [1.54, 1.807) is 0 Å². The number of benzene rings is 1. The number of nitrogens with two attached hydrogens (primary N) is 1. The van der Waals surface area contributed by atoms with Gasteiger partial charge in [-0.15, -0.1) is 0 Å². The predicted molar refractivity (Wildman–Crippen MR) is 49.9 cm³/mol. The minimum absolute atomic E-state index is 0.139. The van der Waals surface area contributed by atoms with Gasteiger partial charge in [-0.25, -0.2) is 13.2 Å². The summed E-state index contributed by atoms with van der Waals surface area (Å²) in [6, 6.07) is 2.98. The standard InChI is InChI=1S/C9H11F3N2/c1-5(9(11)12)14-7-4-2-3-6(10)8(7)13/h2-5,9,14H,13H2,1H3. The molecule has 1 atom stereocenters. The number of hydrogen-bond acceptors (Lipinski definition) is 2. The molecule has 78 valence electrons. The Kier molecular flexibility index (Phi) is 3.22. The summed E-state index contributed by atoms with van der Waals surface area (Å²) < 4.78 is 37.2. The molecule has 0 saturated heterocycles. The van der Waals surface area contributed by atoms with Gasteiger partial charge in [0.25, 0.3) is 6.43 Å². The summed E-state index contributed by atoms with van der Waals surface area (Å²) in [5.41, 5.74) is 5.40. The zero-order valence-corrected chi connectivity index (χ0v) is 7.60. The minimum atomic E-state index is -2.52. The Morgan fingerprint density at radius 2 is 2.00 bits per heavy atom. The van der Waals surface area contributed by atoms with E-state index in [4.69, 9.17) is 5.73 Å². The number of rotatable bonds is 3.